The number of para-hydroxylation sites is 1. The van der Waals surface area contributed by atoms with Gasteiger partial charge in [0, 0.05) is 23.8 Å². The van der Waals surface area contributed by atoms with Gasteiger partial charge in [-0.2, -0.15) is 5.10 Å². The van der Waals surface area contributed by atoms with E-state index in [0.717, 1.165) is 35.7 Å². The molecule has 2 aromatic heterocycles. The molecular weight excluding hydrogens is 328 g/mol. The lowest BCUT2D eigenvalue weighted by Gasteiger charge is -2.38. The second kappa shape index (κ2) is 7.25. The van der Waals surface area contributed by atoms with Crippen molar-refractivity contribution in [1.29, 1.82) is 0 Å². The summed E-state index contributed by atoms with van der Waals surface area (Å²) in [7, 11) is 0. The third-order valence-corrected chi connectivity index (χ3v) is 5.11. The summed E-state index contributed by atoms with van der Waals surface area (Å²) >= 11 is 0. The molecule has 3 aromatic rings. The average Bonchev–Trinajstić information content (AvgIpc) is 3.02. The molecule has 1 aliphatic carbocycles. The molecule has 26 heavy (non-hydrogen) atoms. The van der Waals surface area contributed by atoms with Crippen molar-refractivity contribution >= 4 is 16.8 Å². The number of hydrogen-bond acceptors (Lipinski definition) is 4. The van der Waals surface area contributed by atoms with E-state index >= 15 is 0 Å². The third-order valence-electron chi connectivity index (χ3n) is 5.11. The SMILES string of the molecule is O=C(Cn1ncc2ccccc21)NC(Cc1ccncc1)C1CC(O)C1. The molecule has 2 N–H and O–H groups in total. The summed E-state index contributed by atoms with van der Waals surface area (Å²) in [5, 5.41) is 18.2. The number of benzene rings is 1. The van der Waals surface area contributed by atoms with E-state index in [-0.39, 0.29) is 24.6 Å². The number of amides is 1. The highest BCUT2D eigenvalue weighted by atomic mass is 16.3. The van der Waals surface area contributed by atoms with Crippen molar-refractivity contribution in [2.24, 2.45) is 5.92 Å². The molecule has 1 saturated carbocycles. The van der Waals surface area contributed by atoms with Crippen LogP contribution in [0.3, 0.4) is 0 Å². The molecule has 134 valence electrons. The number of aromatic nitrogens is 3. The van der Waals surface area contributed by atoms with E-state index < -0.39 is 0 Å². The Bertz CT molecular complexity index is 887. The van der Waals surface area contributed by atoms with Gasteiger partial charge in [0.05, 0.1) is 17.8 Å². The third kappa shape index (κ3) is 3.60. The van der Waals surface area contributed by atoms with E-state index in [0.29, 0.717) is 5.92 Å². The number of aliphatic hydroxyl groups is 1. The van der Waals surface area contributed by atoms with Gasteiger partial charge in [-0.25, -0.2) is 0 Å². The van der Waals surface area contributed by atoms with Crippen molar-refractivity contribution in [1.82, 2.24) is 20.1 Å². The van der Waals surface area contributed by atoms with Crippen LogP contribution in [0.4, 0.5) is 0 Å². The first-order valence-corrected chi connectivity index (χ1v) is 8.96. The zero-order chi connectivity index (χ0) is 17.9. The number of hydrogen-bond donors (Lipinski definition) is 2. The summed E-state index contributed by atoms with van der Waals surface area (Å²) in [6.45, 7) is 0.190. The van der Waals surface area contributed by atoms with Crippen molar-refractivity contribution in [2.75, 3.05) is 0 Å². The maximum absolute atomic E-state index is 12.6. The topological polar surface area (TPSA) is 80.0 Å². The van der Waals surface area contributed by atoms with Crippen molar-refractivity contribution in [3.8, 4) is 0 Å². The van der Waals surface area contributed by atoms with Crippen molar-refractivity contribution in [3.63, 3.8) is 0 Å². The molecule has 1 aliphatic rings. The molecule has 0 spiro atoms. The molecule has 4 rings (SSSR count). The van der Waals surface area contributed by atoms with E-state index in [1.165, 1.54) is 0 Å². The first-order chi connectivity index (χ1) is 12.7. The molecular formula is C20H22N4O2. The second-order valence-electron chi connectivity index (χ2n) is 6.98. The minimum absolute atomic E-state index is 0.00938. The van der Waals surface area contributed by atoms with Gasteiger partial charge >= 0.3 is 0 Å². The Balaban J connectivity index is 1.45. The van der Waals surface area contributed by atoms with Crippen LogP contribution in [-0.4, -0.2) is 37.9 Å². The van der Waals surface area contributed by atoms with Crippen LogP contribution < -0.4 is 5.32 Å². The lowest BCUT2D eigenvalue weighted by molar-refractivity contribution is -0.123. The van der Waals surface area contributed by atoms with Crippen LogP contribution in [0.25, 0.3) is 10.9 Å². The Morgan fingerprint density at radius 1 is 1.23 bits per heavy atom. The minimum Gasteiger partial charge on any atom is -0.393 e. The van der Waals surface area contributed by atoms with Gasteiger partial charge in [-0.3, -0.25) is 14.5 Å². The number of nitrogens with one attached hydrogen (secondary N) is 1. The molecule has 0 bridgehead atoms. The molecule has 1 aromatic carbocycles. The van der Waals surface area contributed by atoms with E-state index in [9.17, 15) is 9.90 Å². The number of carbonyl (C=O) groups is 1. The van der Waals surface area contributed by atoms with Crippen LogP contribution in [0.2, 0.25) is 0 Å². The van der Waals surface area contributed by atoms with Crippen LogP contribution in [0, 0.1) is 5.92 Å². The fourth-order valence-corrected chi connectivity index (χ4v) is 3.61. The normalized spacial score (nSPS) is 20.5. The molecule has 0 radical (unpaired) electrons. The molecule has 1 fully saturated rings. The number of nitrogens with zero attached hydrogens (tertiary/aromatic N) is 3. The fourth-order valence-electron chi connectivity index (χ4n) is 3.61. The van der Waals surface area contributed by atoms with Gasteiger partial charge in [0.25, 0.3) is 0 Å². The van der Waals surface area contributed by atoms with E-state index in [4.69, 9.17) is 0 Å². The molecule has 0 saturated heterocycles. The van der Waals surface area contributed by atoms with E-state index in [1.807, 2.05) is 36.4 Å². The maximum Gasteiger partial charge on any atom is 0.241 e. The Morgan fingerprint density at radius 3 is 2.77 bits per heavy atom. The molecule has 0 aliphatic heterocycles. The number of fused-ring (bicyclic) bond motifs is 1. The fraction of sp³-hybridized carbons (Fsp3) is 0.350. The monoisotopic (exact) mass is 350 g/mol. The highest BCUT2D eigenvalue weighted by Crippen LogP contribution is 2.31. The van der Waals surface area contributed by atoms with Crippen LogP contribution in [-0.2, 0) is 17.8 Å². The summed E-state index contributed by atoms with van der Waals surface area (Å²) in [5.74, 6) is 0.246. The average molecular weight is 350 g/mol. The van der Waals surface area contributed by atoms with Gasteiger partial charge in [0.2, 0.25) is 5.91 Å². The standard InChI is InChI=1S/C20H22N4O2/c25-17-10-16(11-17)18(9-14-5-7-21-8-6-14)23-20(26)13-24-19-4-2-1-3-15(19)12-22-24/h1-8,12,16-18,25H,9-11,13H2,(H,23,26). The Labute approximate surface area is 151 Å². The molecule has 1 atom stereocenters. The Hall–Kier alpha value is -2.73. The Morgan fingerprint density at radius 2 is 2.00 bits per heavy atom. The maximum atomic E-state index is 12.6. The zero-order valence-corrected chi connectivity index (χ0v) is 14.5. The predicted octanol–water partition coefficient (Wildman–Crippen LogP) is 1.93. The van der Waals surface area contributed by atoms with E-state index in [1.54, 1.807) is 23.3 Å². The lowest BCUT2D eigenvalue weighted by Crippen LogP contribution is -2.49. The van der Waals surface area contributed by atoms with E-state index in [2.05, 4.69) is 15.4 Å². The van der Waals surface area contributed by atoms with Gasteiger partial charge in [-0.1, -0.05) is 18.2 Å². The number of aliphatic hydroxyl groups excluding tert-OH is 1. The number of carbonyl (C=O) groups excluding carboxylic acids is 1. The summed E-state index contributed by atoms with van der Waals surface area (Å²) < 4.78 is 1.73. The van der Waals surface area contributed by atoms with Gasteiger partial charge < -0.3 is 10.4 Å². The summed E-state index contributed by atoms with van der Waals surface area (Å²) in [4.78, 5) is 16.7. The first kappa shape index (κ1) is 16.7. The Kier molecular flexibility index (Phi) is 4.67. The molecule has 6 heteroatoms. The molecule has 1 amide bonds. The van der Waals surface area contributed by atoms with Crippen LogP contribution in [0.5, 0.6) is 0 Å². The highest BCUT2D eigenvalue weighted by Gasteiger charge is 2.34. The zero-order valence-electron chi connectivity index (χ0n) is 14.5. The smallest absolute Gasteiger partial charge is 0.241 e. The first-order valence-electron chi connectivity index (χ1n) is 8.96. The minimum atomic E-state index is -0.244. The lowest BCUT2D eigenvalue weighted by atomic mass is 9.75. The van der Waals surface area contributed by atoms with Gasteiger partial charge in [-0.05, 0) is 48.9 Å². The van der Waals surface area contributed by atoms with Crippen LogP contribution in [0.15, 0.2) is 55.0 Å². The van der Waals surface area contributed by atoms with Crippen LogP contribution >= 0.6 is 0 Å². The molecule has 2 heterocycles. The second-order valence-corrected chi connectivity index (χ2v) is 6.98. The van der Waals surface area contributed by atoms with Gasteiger partial charge in [0.1, 0.15) is 6.54 Å². The summed E-state index contributed by atoms with van der Waals surface area (Å²) in [6, 6.07) is 11.8. The van der Waals surface area contributed by atoms with Crippen molar-refractivity contribution in [3.05, 3.63) is 60.6 Å². The van der Waals surface area contributed by atoms with Gasteiger partial charge in [0.15, 0.2) is 0 Å². The highest BCUT2D eigenvalue weighted by molar-refractivity contribution is 5.82. The summed E-state index contributed by atoms with van der Waals surface area (Å²) in [5.41, 5.74) is 2.09. The number of pyridine rings is 1. The molecule has 6 nitrogen and oxygen atoms in total. The van der Waals surface area contributed by atoms with Crippen LogP contribution in [0.1, 0.15) is 18.4 Å². The summed E-state index contributed by atoms with van der Waals surface area (Å²) in [6.07, 6.45) is 7.28. The molecule has 1 unspecified atom stereocenters. The predicted molar refractivity (Wildman–Crippen MR) is 98.3 cm³/mol. The number of rotatable bonds is 6. The van der Waals surface area contributed by atoms with Crippen molar-refractivity contribution < 1.29 is 9.90 Å². The largest absolute Gasteiger partial charge is 0.393 e. The van der Waals surface area contributed by atoms with Gasteiger partial charge in [-0.15, -0.1) is 0 Å². The quantitative estimate of drug-likeness (QED) is 0.712. The van der Waals surface area contributed by atoms with Crippen molar-refractivity contribution in [2.45, 2.75) is 38.0 Å².